The molecular weight excluding hydrogens is 362 g/mol. The molecule has 1 atom stereocenters. The molecule has 0 amide bonds. The van der Waals surface area contributed by atoms with E-state index in [2.05, 4.69) is 10.3 Å². The number of nitrogens with one attached hydrogen (secondary N) is 1. The average molecular weight is 382 g/mol. The van der Waals surface area contributed by atoms with E-state index in [1.807, 2.05) is 18.2 Å². The SMILES string of the molecule is Cn1c(=O)c2c(ncn2CC(O)CNc2ccccc2Cl)n(C)c1=O.O. The molecule has 2 heterocycles. The molecule has 4 N–H and O–H groups in total. The van der Waals surface area contributed by atoms with Gasteiger partial charge in [-0.25, -0.2) is 9.78 Å². The van der Waals surface area contributed by atoms with Crippen LogP contribution in [0.3, 0.4) is 0 Å². The van der Waals surface area contributed by atoms with Crippen LogP contribution in [0.15, 0.2) is 40.2 Å². The lowest BCUT2D eigenvalue weighted by Crippen LogP contribution is -2.38. The number of fused-ring (bicyclic) bond motifs is 1. The van der Waals surface area contributed by atoms with Gasteiger partial charge in [0.25, 0.3) is 5.56 Å². The molecule has 0 saturated carbocycles. The van der Waals surface area contributed by atoms with Gasteiger partial charge in [-0.2, -0.15) is 0 Å². The fourth-order valence-electron chi connectivity index (χ4n) is 2.66. The van der Waals surface area contributed by atoms with Crippen LogP contribution in [0.25, 0.3) is 11.2 Å². The molecule has 0 aliphatic rings. The number of anilines is 1. The third-order valence-electron chi connectivity index (χ3n) is 4.03. The number of aliphatic hydroxyl groups is 1. The van der Waals surface area contributed by atoms with Crippen LogP contribution < -0.4 is 16.6 Å². The Morgan fingerprint density at radius 2 is 1.92 bits per heavy atom. The zero-order valence-corrected chi connectivity index (χ0v) is 15.1. The van der Waals surface area contributed by atoms with E-state index in [1.165, 1.54) is 17.9 Å². The number of halogens is 1. The maximum atomic E-state index is 12.4. The normalized spacial score (nSPS) is 12.0. The van der Waals surface area contributed by atoms with Crippen LogP contribution in [-0.4, -0.2) is 41.9 Å². The van der Waals surface area contributed by atoms with Gasteiger partial charge in [-0.15, -0.1) is 0 Å². The summed E-state index contributed by atoms with van der Waals surface area (Å²) in [4.78, 5) is 28.4. The van der Waals surface area contributed by atoms with E-state index in [4.69, 9.17) is 11.6 Å². The highest BCUT2D eigenvalue weighted by atomic mass is 35.5. The third-order valence-corrected chi connectivity index (χ3v) is 4.36. The van der Waals surface area contributed by atoms with Crippen LogP contribution in [0.1, 0.15) is 0 Å². The Balaban J connectivity index is 0.00000243. The number of imidazole rings is 1. The topological polar surface area (TPSA) is 126 Å². The van der Waals surface area contributed by atoms with Gasteiger partial charge in [0.15, 0.2) is 11.2 Å². The molecular formula is C16H20ClN5O4. The number of benzene rings is 1. The molecule has 9 nitrogen and oxygen atoms in total. The molecule has 0 spiro atoms. The smallest absolute Gasteiger partial charge is 0.332 e. The number of hydrogen-bond donors (Lipinski definition) is 2. The summed E-state index contributed by atoms with van der Waals surface area (Å²) < 4.78 is 3.88. The Labute approximate surface area is 153 Å². The van der Waals surface area contributed by atoms with E-state index in [-0.39, 0.29) is 24.1 Å². The first-order chi connectivity index (χ1) is 11.9. The molecule has 0 bridgehead atoms. The molecule has 3 aromatic rings. The predicted octanol–water partition coefficient (Wildman–Crippen LogP) is -0.265. The first-order valence-corrected chi connectivity index (χ1v) is 8.05. The van der Waals surface area contributed by atoms with Crippen molar-refractivity contribution in [2.75, 3.05) is 11.9 Å². The second kappa shape index (κ2) is 7.73. The Morgan fingerprint density at radius 1 is 1.23 bits per heavy atom. The Morgan fingerprint density at radius 3 is 2.62 bits per heavy atom. The predicted molar refractivity (Wildman–Crippen MR) is 99.8 cm³/mol. The summed E-state index contributed by atoms with van der Waals surface area (Å²) in [7, 11) is 2.97. The quantitative estimate of drug-likeness (QED) is 0.629. The highest BCUT2D eigenvalue weighted by molar-refractivity contribution is 6.33. The standard InChI is InChI=1S/C16H18ClN5O3.H2O/c1-20-14-13(15(24)21(2)16(20)25)22(9-19-14)8-10(23)7-18-12-6-4-3-5-11(12)17;/h3-6,9-10,18,23H,7-8H2,1-2H3;1H2. The first-order valence-electron chi connectivity index (χ1n) is 7.67. The number of aromatic nitrogens is 4. The molecule has 2 aromatic heterocycles. The number of hydrogen-bond acceptors (Lipinski definition) is 5. The highest BCUT2D eigenvalue weighted by Gasteiger charge is 2.16. The Hall–Kier alpha value is -2.62. The van der Waals surface area contributed by atoms with E-state index >= 15 is 0 Å². The van der Waals surface area contributed by atoms with Crippen molar-refractivity contribution in [3.63, 3.8) is 0 Å². The molecule has 0 radical (unpaired) electrons. The van der Waals surface area contributed by atoms with Crippen molar-refractivity contribution in [2.24, 2.45) is 14.1 Å². The summed E-state index contributed by atoms with van der Waals surface area (Å²) >= 11 is 6.06. The summed E-state index contributed by atoms with van der Waals surface area (Å²) in [6, 6.07) is 7.23. The van der Waals surface area contributed by atoms with E-state index in [9.17, 15) is 14.7 Å². The van der Waals surface area contributed by atoms with Gasteiger partial charge in [0.05, 0.1) is 29.7 Å². The number of aliphatic hydroxyl groups excluding tert-OH is 1. The van der Waals surface area contributed by atoms with E-state index in [0.29, 0.717) is 10.7 Å². The number of nitrogens with zero attached hydrogens (tertiary/aromatic N) is 4. The number of para-hydroxylation sites is 1. The second-order valence-electron chi connectivity index (χ2n) is 5.79. The molecule has 10 heteroatoms. The van der Waals surface area contributed by atoms with Crippen LogP contribution in [0, 0.1) is 0 Å². The summed E-state index contributed by atoms with van der Waals surface area (Å²) in [6.45, 7) is 0.400. The van der Waals surface area contributed by atoms with Crippen molar-refractivity contribution in [1.82, 2.24) is 18.7 Å². The molecule has 1 aromatic carbocycles. The fraction of sp³-hybridized carbons (Fsp3) is 0.312. The second-order valence-corrected chi connectivity index (χ2v) is 6.20. The summed E-state index contributed by atoms with van der Waals surface area (Å²) in [5, 5.41) is 13.9. The van der Waals surface area contributed by atoms with E-state index in [1.54, 1.807) is 17.7 Å². The fourth-order valence-corrected chi connectivity index (χ4v) is 2.86. The summed E-state index contributed by atoms with van der Waals surface area (Å²) in [6.07, 6.45) is 0.667. The lowest BCUT2D eigenvalue weighted by molar-refractivity contribution is 0.168. The molecule has 26 heavy (non-hydrogen) atoms. The summed E-state index contributed by atoms with van der Waals surface area (Å²) in [5.74, 6) is 0. The van der Waals surface area contributed by atoms with Gasteiger partial charge >= 0.3 is 5.69 Å². The first kappa shape index (κ1) is 19.7. The Bertz CT molecular complexity index is 1040. The van der Waals surface area contributed by atoms with Crippen molar-refractivity contribution >= 4 is 28.5 Å². The average Bonchev–Trinajstić information content (AvgIpc) is 3.01. The molecule has 0 aliphatic heterocycles. The van der Waals surface area contributed by atoms with Crippen molar-refractivity contribution in [1.29, 1.82) is 0 Å². The summed E-state index contributed by atoms with van der Waals surface area (Å²) in [5.41, 5.74) is 0.406. The molecule has 140 valence electrons. The van der Waals surface area contributed by atoms with Gasteiger partial charge in [0.2, 0.25) is 0 Å². The molecule has 0 aliphatic carbocycles. The van der Waals surface area contributed by atoms with Crippen molar-refractivity contribution < 1.29 is 10.6 Å². The lowest BCUT2D eigenvalue weighted by atomic mass is 10.3. The minimum atomic E-state index is -0.782. The van der Waals surface area contributed by atoms with Gasteiger partial charge in [0, 0.05) is 20.6 Å². The van der Waals surface area contributed by atoms with E-state index < -0.39 is 17.4 Å². The van der Waals surface area contributed by atoms with Crippen LogP contribution >= 0.6 is 11.6 Å². The van der Waals surface area contributed by atoms with Gasteiger partial charge in [-0.1, -0.05) is 23.7 Å². The van der Waals surface area contributed by atoms with Crippen LogP contribution in [0.4, 0.5) is 5.69 Å². The lowest BCUT2D eigenvalue weighted by Gasteiger charge is -2.15. The van der Waals surface area contributed by atoms with Crippen molar-refractivity contribution in [3.05, 3.63) is 56.5 Å². The monoisotopic (exact) mass is 381 g/mol. The molecule has 1 unspecified atom stereocenters. The van der Waals surface area contributed by atoms with Crippen molar-refractivity contribution in [2.45, 2.75) is 12.6 Å². The molecule has 0 saturated heterocycles. The maximum Gasteiger partial charge on any atom is 0.332 e. The zero-order valence-electron chi connectivity index (χ0n) is 14.3. The minimum Gasteiger partial charge on any atom is -0.412 e. The minimum absolute atomic E-state index is 0. The van der Waals surface area contributed by atoms with Gasteiger partial charge in [-0.05, 0) is 12.1 Å². The number of aryl methyl sites for hydroxylation is 1. The van der Waals surface area contributed by atoms with Gasteiger partial charge in [-0.3, -0.25) is 13.9 Å². The Kier molecular flexibility index (Phi) is 5.86. The van der Waals surface area contributed by atoms with Crippen LogP contribution in [-0.2, 0) is 20.6 Å². The molecule has 3 rings (SSSR count). The van der Waals surface area contributed by atoms with Crippen molar-refractivity contribution in [3.8, 4) is 0 Å². The van der Waals surface area contributed by atoms with Crippen LogP contribution in [0.5, 0.6) is 0 Å². The third kappa shape index (κ3) is 3.50. The maximum absolute atomic E-state index is 12.4. The largest absolute Gasteiger partial charge is 0.412 e. The van der Waals surface area contributed by atoms with Gasteiger partial charge in [0.1, 0.15) is 0 Å². The van der Waals surface area contributed by atoms with E-state index in [0.717, 1.165) is 10.3 Å². The number of rotatable bonds is 5. The molecule has 0 fully saturated rings. The zero-order chi connectivity index (χ0) is 18.1. The van der Waals surface area contributed by atoms with Crippen LogP contribution in [0.2, 0.25) is 5.02 Å². The highest BCUT2D eigenvalue weighted by Crippen LogP contribution is 2.20. The van der Waals surface area contributed by atoms with Gasteiger partial charge < -0.3 is 20.5 Å².